The minimum absolute atomic E-state index is 0.291. The molecule has 9 heteroatoms. The standard InChI is InChI=1S/C30H45FN4O3S/c1-7-9-16-35(15-8-2)17-18-38-25-14-13-22(19-26(25)37-6)29(33-5)39-24-12-10-11-23(20-24)34-28(36)21-27(32)30(3,4)31/h10-12,14,19-21,32-34,36H,7-9,13,15-18H2,1-6H3/b28-21-,29-22-,32-27?. The summed E-state index contributed by atoms with van der Waals surface area (Å²) < 4.78 is 25.7. The molecule has 1 aliphatic rings. The first-order chi connectivity index (χ1) is 18.6. The Morgan fingerprint density at radius 2 is 1.97 bits per heavy atom. The number of hydrogen-bond acceptors (Lipinski definition) is 8. The molecule has 216 valence electrons. The molecule has 0 amide bonds. The van der Waals surface area contributed by atoms with Crippen molar-refractivity contribution in [1.82, 2.24) is 10.2 Å². The van der Waals surface area contributed by atoms with E-state index in [0.29, 0.717) is 24.5 Å². The maximum atomic E-state index is 13.9. The zero-order valence-corrected chi connectivity index (χ0v) is 25.0. The summed E-state index contributed by atoms with van der Waals surface area (Å²) in [6, 6.07) is 7.51. The lowest BCUT2D eigenvalue weighted by molar-refractivity contribution is 0.138. The fraction of sp³-hybridized carbons (Fsp3) is 0.500. The van der Waals surface area contributed by atoms with Gasteiger partial charge in [0.15, 0.2) is 17.4 Å². The maximum Gasteiger partial charge on any atom is 0.190 e. The number of rotatable bonds is 17. The topological polar surface area (TPSA) is 89.8 Å². The zero-order chi connectivity index (χ0) is 28.8. The van der Waals surface area contributed by atoms with Crippen LogP contribution in [0.5, 0.6) is 0 Å². The Balaban J connectivity index is 2.08. The van der Waals surface area contributed by atoms with E-state index in [0.717, 1.165) is 53.4 Å². The number of methoxy groups -OCH3 is 1. The van der Waals surface area contributed by atoms with Crippen molar-refractivity contribution in [2.75, 3.05) is 45.7 Å². The number of allylic oxidation sites excluding steroid dienone is 4. The summed E-state index contributed by atoms with van der Waals surface area (Å²) in [5.74, 6) is 1.17. The summed E-state index contributed by atoms with van der Waals surface area (Å²) in [6.07, 6.45) is 9.37. The van der Waals surface area contributed by atoms with Crippen molar-refractivity contribution < 1.29 is 19.0 Å². The molecule has 4 N–H and O–H groups in total. The first kappa shape index (κ1) is 32.3. The smallest absolute Gasteiger partial charge is 0.190 e. The van der Waals surface area contributed by atoms with Crippen molar-refractivity contribution in [2.24, 2.45) is 0 Å². The average Bonchev–Trinajstić information content (AvgIpc) is 2.90. The van der Waals surface area contributed by atoms with Gasteiger partial charge in [-0.05, 0) is 82.1 Å². The molecule has 39 heavy (non-hydrogen) atoms. The van der Waals surface area contributed by atoms with Crippen molar-refractivity contribution in [1.29, 1.82) is 5.41 Å². The molecule has 0 fully saturated rings. The SMILES string of the molecule is CCCCN(CCC)CCOC1=CC/C(=C(\NC)Sc2cccc(N/C(O)=C/C(=N)C(C)(C)F)c2)C=C1OC. The molecule has 0 saturated carbocycles. The molecule has 0 radical (unpaired) electrons. The number of aliphatic hydroxyl groups is 1. The summed E-state index contributed by atoms with van der Waals surface area (Å²) in [5.41, 5.74) is -0.451. The molecule has 1 aromatic carbocycles. The van der Waals surface area contributed by atoms with E-state index in [1.54, 1.807) is 24.9 Å². The Labute approximate surface area is 237 Å². The van der Waals surface area contributed by atoms with Crippen LogP contribution in [0.3, 0.4) is 0 Å². The van der Waals surface area contributed by atoms with E-state index in [2.05, 4.69) is 35.5 Å². The van der Waals surface area contributed by atoms with Crippen LogP contribution in [0, 0.1) is 5.41 Å². The van der Waals surface area contributed by atoms with Crippen LogP contribution < -0.4 is 10.6 Å². The molecular formula is C30H45FN4O3S. The second-order valence-electron chi connectivity index (χ2n) is 9.80. The van der Waals surface area contributed by atoms with Crippen LogP contribution in [-0.2, 0) is 9.47 Å². The van der Waals surface area contributed by atoms with Gasteiger partial charge in [-0.1, -0.05) is 38.1 Å². The molecule has 0 atom stereocenters. The third-order valence-corrected chi connectivity index (χ3v) is 7.23. The highest BCUT2D eigenvalue weighted by molar-refractivity contribution is 8.03. The van der Waals surface area contributed by atoms with Crippen molar-refractivity contribution in [2.45, 2.75) is 63.9 Å². The van der Waals surface area contributed by atoms with E-state index in [-0.39, 0.29) is 11.6 Å². The van der Waals surface area contributed by atoms with Gasteiger partial charge >= 0.3 is 0 Å². The number of nitrogens with one attached hydrogen (secondary N) is 3. The molecule has 0 aromatic heterocycles. The summed E-state index contributed by atoms with van der Waals surface area (Å²) in [7, 11) is 3.53. The Morgan fingerprint density at radius 3 is 2.62 bits per heavy atom. The average molecular weight is 561 g/mol. The van der Waals surface area contributed by atoms with Crippen molar-refractivity contribution in [3.8, 4) is 0 Å². The summed E-state index contributed by atoms with van der Waals surface area (Å²) >= 11 is 1.55. The van der Waals surface area contributed by atoms with E-state index < -0.39 is 5.67 Å². The van der Waals surface area contributed by atoms with E-state index in [1.165, 1.54) is 26.7 Å². The second-order valence-corrected chi connectivity index (χ2v) is 10.9. The van der Waals surface area contributed by atoms with Crippen molar-refractivity contribution >= 4 is 23.2 Å². The Kier molecular flexibility index (Phi) is 13.5. The number of hydrogen-bond donors (Lipinski definition) is 4. The lowest BCUT2D eigenvalue weighted by Gasteiger charge is -2.23. The molecule has 0 unspecified atom stereocenters. The van der Waals surface area contributed by atoms with Gasteiger partial charge in [0.1, 0.15) is 12.3 Å². The highest BCUT2D eigenvalue weighted by atomic mass is 32.2. The normalized spacial score (nSPS) is 15.4. The summed E-state index contributed by atoms with van der Waals surface area (Å²) in [5, 5.41) is 25.0. The Morgan fingerprint density at radius 1 is 1.21 bits per heavy atom. The Bertz CT molecular complexity index is 1080. The van der Waals surface area contributed by atoms with Gasteiger partial charge in [-0.25, -0.2) is 4.39 Å². The number of alkyl halides is 1. The fourth-order valence-corrected chi connectivity index (χ4v) is 4.83. The van der Waals surface area contributed by atoms with Crippen LogP contribution >= 0.6 is 11.8 Å². The van der Waals surface area contributed by atoms with Gasteiger partial charge in [0.05, 0.1) is 17.9 Å². The van der Waals surface area contributed by atoms with Gasteiger partial charge in [-0.3, -0.25) is 4.90 Å². The lowest BCUT2D eigenvalue weighted by atomic mass is 10.1. The van der Waals surface area contributed by atoms with Gasteiger partial charge in [0, 0.05) is 30.3 Å². The number of thioether (sulfide) groups is 1. The minimum atomic E-state index is -1.83. The highest BCUT2D eigenvalue weighted by Gasteiger charge is 2.21. The number of unbranched alkanes of at least 4 members (excludes halogenated alkanes) is 1. The zero-order valence-electron chi connectivity index (χ0n) is 24.2. The van der Waals surface area contributed by atoms with Crippen LogP contribution in [0.4, 0.5) is 10.1 Å². The van der Waals surface area contributed by atoms with E-state index in [9.17, 15) is 9.50 Å². The predicted octanol–water partition coefficient (Wildman–Crippen LogP) is 7.14. The van der Waals surface area contributed by atoms with E-state index in [4.69, 9.17) is 14.9 Å². The van der Waals surface area contributed by atoms with Gasteiger partial charge in [-0.15, -0.1) is 0 Å². The largest absolute Gasteiger partial charge is 0.495 e. The summed E-state index contributed by atoms with van der Waals surface area (Å²) in [4.78, 5) is 3.39. The molecular weight excluding hydrogens is 515 g/mol. The minimum Gasteiger partial charge on any atom is -0.495 e. The fourth-order valence-electron chi connectivity index (χ4n) is 3.88. The molecule has 0 aliphatic heterocycles. The lowest BCUT2D eigenvalue weighted by Crippen LogP contribution is -2.29. The van der Waals surface area contributed by atoms with Gasteiger partial charge in [0.25, 0.3) is 0 Å². The molecule has 0 heterocycles. The first-order valence-electron chi connectivity index (χ1n) is 13.6. The number of halogens is 1. The third-order valence-electron chi connectivity index (χ3n) is 6.07. The van der Waals surface area contributed by atoms with E-state index in [1.807, 2.05) is 31.3 Å². The number of benzene rings is 1. The quantitative estimate of drug-likeness (QED) is 0.0915. The van der Waals surface area contributed by atoms with Crippen LogP contribution in [-0.4, -0.2) is 61.8 Å². The molecule has 1 aromatic rings. The van der Waals surface area contributed by atoms with Crippen LogP contribution in [0.1, 0.15) is 53.4 Å². The molecule has 0 bridgehead atoms. The molecule has 2 rings (SSSR count). The summed E-state index contributed by atoms with van der Waals surface area (Å²) in [6.45, 7) is 10.7. The van der Waals surface area contributed by atoms with Crippen LogP contribution in [0.2, 0.25) is 0 Å². The number of aliphatic hydroxyl groups excluding tert-OH is 1. The Hall–Kier alpha value is -2.91. The van der Waals surface area contributed by atoms with E-state index >= 15 is 0 Å². The van der Waals surface area contributed by atoms with Crippen LogP contribution in [0.15, 0.2) is 75.4 Å². The molecule has 0 saturated heterocycles. The van der Waals surface area contributed by atoms with Crippen LogP contribution in [0.25, 0.3) is 0 Å². The molecule has 7 nitrogen and oxygen atoms in total. The monoisotopic (exact) mass is 560 g/mol. The maximum absolute atomic E-state index is 13.9. The number of anilines is 1. The predicted molar refractivity (Wildman–Crippen MR) is 161 cm³/mol. The highest BCUT2D eigenvalue weighted by Crippen LogP contribution is 2.34. The van der Waals surface area contributed by atoms with Gasteiger partial charge in [0.2, 0.25) is 0 Å². The number of ether oxygens (including phenoxy) is 2. The molecule has 0 spiro atoms. The second kappa shape index (κ2) is 16.3. The number of nitrogens with zero attached hydrogens (tertiary/aromatic N) is 1. The first-order valence-corrected chi connectivity index (χ1v) is 14.4. The third kappa shape index (κ3) is 11.0. The molecule has 1 aliphatic carbocycles. The van der Waals surface area contributed by atoms with Gasteiger partial charge < -0.3 is 30.6 Å². The van der Waals surface area contributed by atoms with Crippen molar-refractivity contribution in [3.63, 3.8) is 0 Å². The van der Waals surface area contributed by atoms with Gasteiger partial charge in [-0.2, -0.15) is 0 Å². The van der Waals surface area contributed by atoms with Crippen molar-refractivity contribution in [3.05, 3.63) is 70.5 Å².